The summed E-state index contributed by atoms with van der Waals surface area (Å²) in [7, 11) is 0. The molecule has 4 rings (SSSR count). The van der Waals surface area contributed by atoms with Crippen molar-refractivity contribution in [1.82, 2.24) is 10.3 Å². The van der Waals surface area contributed by atoms with Crippen LogP contribution in [0.5, 0.6) is 0 Å². The maximum Gasteiger partial charge on any atom is 0.253 e. The number of rotatable bonds is 4. The zero-order valence-corrected chi connectivity index (χ0v) is 17.6. The molecular formula is C24H26ClN3O. The highest BCUT2D eigenvalue weighted by Gasteiger charge is 2.22. The third-order valence-electron chi connectivity index (χ3n) is 5.75. The number of aryl methyl sites for hydroxylation is 1. The second kappa shape index (κ2) is 8.42. The minimum absolute atomic E-state index is 0.0438. The number of amides is 1. The second-order valence-corrected chi connectivity index (χ2v) is 8.50. The smallest absolute Gasteiger partial charge is 0.253 e. The number of carbonyl (C=O) groups excluding carboxylic acids is 1. The van der Waals surface area contributed by atoms with E-state index >= 15 is 0 Å². The SMILES string of the molecule is Cc1ccc(Nc2ncc(C(=O)N[C@H]3CCC[C@H](C)C3)c3ccccc23)cc1Cl. The van der Waals surface area contributed by atoms with Crippen LogP contribution >= 0.6 is 11.6 Å². The molecule has 5 heteroatoms. The Morgan fingerprint density at radius 2 is 1.93 bits per heavy atom. The zero-order chi connectivity index (χ0) is 20.4. The van der Waals surface area contributed by atoms with E-state index in [2.05, 4.69) is 22.5 Å². The van der Waals surface area contributed by atoms with Crippen molar-refractivity contribution in [3.05, 3.63) is 64.8 Å². The molecule has 29 heavy (non-hydrogen) atoms. The summed E-state index contributed by atoms with van der Waals surface area (Å²) >= 11 is 6.25. The highest BCUT2D eigenvalue weighted by Crippen LogP contribution is 2.29. The minimum atomic E-state index is -0.0438. The number of carbonyl (C=O) groups is 1. The number of nitrogens with one attached hydrogen (secondary N) is 2. The number of nitrogens with zero attached hydrogens (tertiary/aromatic N) is 1. The van der Waals surface area contributed by atoms with Gasteiger partial charge in [-0.15, -0.1) is 0 Å². The number of aromatic nitrogens is 1. The molecule has 1 aromatic heterocycles. The van der Waals surface area contributed by atoms with Crippen LogP contribution in [-0.4, -0.2) is 16.9 Å². The van der Waals surface area contributed by atoms with Crippen LogP contribution in [0.2, 0.25) is 5.02 Å². The van der Waals surface area contributed by atoms with Gasteiger partial charge in [0.15, 0.2) is 0 Å². The third-order valence-corrected chi connectivity index (χ3v) is 6.15. The molecule has 0 saturated heterocycles. The summed E-state index contributed by atoms with van der Waals surface area (Å²) in [5, 5.41) is 9.07. The molecule has 0 aliphatic heterocycles. The summed E-state index contributed by atoms with van der Waals surface area (Å²) in [5.41, 5.74) is 2.51. The van der Waals surface area contributed by atoms with Crippen molar-refractivity contribution in [3.63, 3.8) is 0 Å². The molecule has 0 radical (unpaired) electrons. The molecule has 0 bridgehead atoms. The lowest BCUT2D eigenvalue weighted by Crippen LogP contribution is -2.38. The van der Waals surface area contributed by atoms with Gasteiger partial charge in [-0.3, -0.25) is 4.79 Å². The van der Waals surface area contributed by atoms with Crippen molar-refractivity contribution in [3.8, 4) is 0 Å². The Hall–Kier alpha value is -2.59. The predicted molar refractivity (Wildman–Crippen MR) is 120 cm³/mol. The molecule has 1 heterocycles. The highest BCUT2D eigenvalue weighted by molar-refractivity contribution is 6.31. The molecule has 2 atom stereocenters. The highest BCUT2D eigenvalue weighted by atomic mass is 35.5. The molecule has 1 aliphatic rings. The number of halogens is 1. The van der Waals surface area contributed by atoms with Crippen molar-refractivity contribution in [2.45, 2.75) is 45.6 Å². The fourth-order valence-corrected chi connectivity index (χ4v) is 4.29. The van der Waals surface area contributed by atoms with E-state index in [1.165, 1.54) is 12.8 Å². The first-order valence-electron chi connectivity index (χ1n) is 10.2. The van der Waals surface area contributed by atoms with Crippen molar-refractivity contribution < 1.29 is 4.79 Å². The molecule has 0 unspecified atom stereocenters. The van der Waals surface area contributed by atoms with E-state index in [1.807, 2.05) is 49.4 Å². The van der Waals surface area contributed by atoms with Crippen molar-refractivity contribution >= 4 is 39.8 Å². The monoisotopic (exact) mass is 407 g/mol. The molecule has 3 aromatic rings. The zero-order valence-electron chi connectivity index (χ0n) is 16.8. The van der Waals surface area contributed by atoms with E-state index in [9.17, 15) is 4.79 Å². The Balaban J connectivity index is 1.62. The van der Waals surface area contributed by atoms with Gasteiger partial charge in [-0.1, -0.05) is 61.7 Å². The third kappa shape index (κ3) is 4.38. The van der Waals surface area contributed by atoms with Gasteiger partial charge < -0.3 is 10.6 Å². The summed E-state index contributed by atoms with van der Waals surface area (Å²) < 4.78 is 0. The van der Waals surface area contributed by atoms with Crippen LogP contribution in [0.3, 0.4) is 0 Å². The Kier molecular flexibility index (Phi) is 5.72. The first-order valence-corrected chi connectivity index (χ1v) is 10.6. The topological polar surface area (TPSA) is 54.0 Å². The lowest BCUT2D eigenvalue weighted by atomic mass is 9.87. The summed E-state index contributed by atoms with van der Waals surface area (Å²) in [4.78, 5) is 17.6. The van der Waals surface area contributed by atoms with Crippen LogP contribution < -0.4 is 10.6 Å². The summed E-state index contributed by atoms with van der Waals surface area (Å²) in [5.74, 6) is 1.33. The van der Waals surface area contributed by atoms with Gasteiger partial charge in [0, 0.05) is 28.3 Å². The lowest BCUT2D eigenvalue weighted by Gasteiger charge is -2.27. The molecule has 1 amide bonds. The summed E-state index contributed by atoms with van der Waals surface area (Å²) in [6.07, 6.45) is 6.19. The van der Waals surface area contributed by atoms with Crippen LogP contribution in [0.1, 0.15) is 48.5 Å². The molecule has 2 N–H and O–H groups in total. The first-order chi connectivity index (χ1) is 14.0. The first kappa shape index (κ1) is 19.7. The Bertz CT molecular complexity index is 1050. The van der Waals surface area contributed by atoms with Gasteiger partial charge >= 0.3 is 0 Å². The largest absolute Gasteiger partial charge is 0.349 e. The van der Waals surface area contributed by atoms with E-state index in [-0.39, 0.29) is 11.9 Å². The van der Waals surface area contributed by atoms with E-state index < -0.39 is 0 Å². The van der Waals surface area contributed by atoms with Crippen LogP contribution in [0.25, 0.3) is 10.8 Å². The Labute approximate surface area is 176 Å². The average molecular weight is 408 g/mol. The van der Waals surface area contributed by atoms with Crippen molar-refractivity contribution in [2.24, 2.45) is 5.92 Å². The lowest BCUT2D eigenvalue weighted by molar-refractivity contribution is 0.0923. The van der Waals surface area contributed by atoms with E-state index in [0.29, 0.717) is 22.3 Å². The number of fused-ring (bicyclic) bond motifs is 1. The van der Waals surface area contributed by atoms with Crippen molar-refractivity contribution in [1.29, 1.82) is 0 Å². The number of pyridine rings is 1. The Morgan fingerprint density at radius 1 is 1.14 bits per heavy atom. The van der Waals surface area contributed by atoms with Crippen LogP contribution in [-0.2, 0) is 0 Å². The van der Waals surface area contributed by atoms with E-state index in [4.69, 9.17) is 11.6 Å². The van der Waals surface area contributed by atoms with E-state index in [1.54, 1.807) is 6.20 Å². The van der Waals surface area contributed by atoms with Crippen molar-refractivity contribution in [2.75, 3.05) is 5.32 Å². The molecule has 1 saturated carbocycles. The minimum Gasteiger partial charge on any atom is -0.349 e. The van der Waals surface area contributed by atoms with Crippen LogP contribution in [0.15, 0.2) is 48.7 Å². The van der Waals surface area contributed by atoms with Gasteiger partial charge in [-0.25, -0.2) is 4.98 Å². The molecule has 4 nitrogen and oxygen atoms in total. The van der Waals surface area contributed by atoms with Gasteiger partial charge in [0.1, 0.15) is 5.82 Å². The molecule has 1 aliphatic carbocycles. The van der Waals surface area contributed by atoms with Crippen LogP contribution in [0, 0.1) is 12.8 Å². The van der Waals surface area contributed by atoms with E-state index in [0.717, 1.165) is 34.9 Å². The molecule has 0 spiro atoms. The van der Waals surface area contributed by atoms with Gasteiger partial charge in [0.2, 0.25) is 0 Å². The molecular weight excluding hydrogens is 382 g/mol. The predicted octanol–water partition coefficient (Wildman–Crippen LogP) is 6.25. The summed E-state index contributed by atoms with van der Waals surface area (Å²) in [6, 6.07) is 14.0. The average Bonchev–Trinajstić information content (AvgIpc) is 2.71. The number of benzene rings is 2. The maximum atomic E-state index is 13.0. The number of hydrogen-bond acceptors (Lipinski definition) is 3. The van der Waals surface area contributed by atoms with Gasteiger partial charge in [-0.05, 0) is 48.8 Å². The summed E-state index contributed by atoms with van der Waals surface area (Å²) in [6.45, 7) is 4.23. The fourth-order valence-electron chi connectivity index (χ4n) is 4.11. The molecule has 2 aromatic carbocycles. The molecule has 1 fully saturated rings. The van der Waals surface area contributed by atoms with Gasteiger partial charge in [0.05, 0.1) is 5.56 Å². The second-order valence-electron chi connectivity index (χ2n) is 8.10. The normalized spacial score (nSPS) is 19.1. The quantitative estimate of drug-likeness (QED) is 0.537. The number of anilines is 2. The molecule has 150 valence electrons. The fraction of sp³-hybridized carbons (Fsp3) is 0.333. The standard InChI is InChI=1S/C24H26ClN3O/c1-15-6-5-7-17(12-15)28-24(29)21-14-26-23(20-9-4-3-8-19(20)21)27-18-11-10-16(2)22(25)13-18/h3-4,8-11,13-15,17H,5-7,12H2,1-2H3,(H,26,27)(H,28,29)/t15-,17-/m0/s1. The van der Waals surface area contributed by atoms with Gasteiger partial charge in [-0.2, -0.15) is 0 Å². The van der Waals surface area contributed by atoms with Gasteiger partial charge in [0.25, 0.3) is 5.91 Å². The van der Waals surface area contributed by atoms with Crippen LogP contribution in [0.4, 0.5) is 11.5 Å². The number of hydrogen-bond donors (Lipinski definition) is 2. The Morgan fingerprint density at radius 3 is 2.69 bits per heavy atom. The maximum absolute atomic E-state index is 13.0.